The van der Waals surface area contributed by atoms with Gasteiger partial charge >= 0.3 is 0 Å². The molecule has 28 heavy (non-hydrogen) atoms. The molecule has 7 nitrogen and oxygen atoms in total. The Morgan fingerprint density at radius 1 is 1.11 bits per heavy atom. The number of fused-ring (bicyclic) bond motifs is 1. The van der Waals surface area contributed by atoms with Gasteiger partial charge in [-0.3, -0.25) is 4.79 Å². The highest BCUT2D eigenvalue weighted by molar-refractivity contribution is 7.15. The number of anilines is 1. The number of benzene rings is 1. The lowest BCUT2D eigenvalue weighted by Crippen LogP contribution is -2.16. The minimum absolute atomic E-state index is 0.0723. The molecule has 140 valence electrons. The molecule has 3 aromatic heterocycles. The Balaban J connectivity index is 1.51. The molecule has 0 saturated carbocycles. The van der Waals surface area contributed by atoms with Crippen molar-refractivity contribution in [3.63, 3.8) is 0 Å². The molecule has 0 aliphatic heterocycles. The lowest BCUT2D eigenvalue weighted by molar-refractivity contribution is 0.102. The molecule has 1 N–H and O–H groups in total. The minimum Gasteiger partial charge on any atom is -0.322 e. The molecule has 0 spiro atoms. The zero-order valence-corrected chi connectivity index (χ0v) is 15.9. The van der Waals surface area contributed by atoms with Gasteiger partial charge in [0.25, 0.3) is 5.91 Å². The van der Waals surface area contributed by atoms with Crippen LogP contribution < -0.4 is 5.32 Å². The van der Waals surface area contributed by atoms with E-state index in [2.05, 4.69) is 20.8 Å². The van der Waals surface area contributed by atoms with E-state index in [1.807, 2.05) is 53.4 Å². The first-order chi connectivity index (χ1) is 13.8. The molecule has 1 aliphatic carbocycles. The summed E-state index contributed by atoms with van der Waals surface area (Å²) < 4.78 is 3.60. The molecule has 0 fully saturated rings. The van der Waals surface area contributed by atoms with Crippen LogP contribution in [-0.4, -0.2) is 30.7 Å². The van der Waals surface area contributed by atoms with Gasteiger partial charge in [0.05, 0.1) is 11.3 Å². The van der Waals surface area contributed by atoms with E-state index in [9.17, 15) is 4.79 Å². The van der Waals surface area contributed by atoms with Crippen LogP contribution >= 0.6 is 11.3 Å². The van der Waals surface area contributed by atoms with Crippen LogP contribution in [0.4, 0.5) is 5.69 Å². The zero-order valence-electron chi connectivity index (χ0n) is 15.1. The second-order valence-electron chi connectivity index (χ2n) is 6.74. The van der Waals surface area contributed by atoms with E-state index in [0.29, 0.717) is 5.69 Å². The van der Waals surface area contributed by atoms with Crippen molar-refractivity contribution in [3.05, 3.63) is 71.1 Å². The summed E-state index contributed by atoms with van der Waals surface area (Å²) in [5.74, 6) is -0.0723. The van der Waals surface area contributed by atoms with Crippen molar-refractivity contribution < 1.29 is 4.79 Å². The summed E-state index contributed by atoms with van der Waals surface area (Å²) >= 11 is 1.73. The van der Waals surface area contributed by atoms with Gasteiger partial charge in [-0.15, -0.1) is 16.4 Å². The van der Waals surface area contributed by atoms with Crippen LogP contribution in [0.3, 0.4) is 0 Å². The van der Waals surface area contributed by atoms with Gasteiger partial charge in [-0.2, -0.15) is 0 Å². The van der Waals surface area contributed by atoms with Gasteiger partial charge in [-0.25, -0.2) is 4.68 Å². The molecule has 3 heterocycles. The second kappa shape index (κ2) is 7.05. The largest absolute Gasteiger partial charge is 0.322 e. The number of hydrogen-bond donors (Lipinski definition) is 1. The summed E-state index contributed by atoms with van der Waals surface area (Å²) in [7, 11) is 0. The van der Waals surface area contributed by atoms with Crippen LogP contribution in [-0.2, 0) is 12.8 Å². The van der Waals surface area contributed by atoms with Crippen molar-refractivity contribution in [2.45, 2.75) is 25.7 Å². The number of aryl methyl sites for hydroxylation is 1. The molecule has 0 atom stereocenters. The fourth-order valence-corrected chi connectivity index (χ4v) is 4.99. The van der Waals surface area contributed by atoms with Crippen LogP contribution in [0.25, 0.3) is 10.7 Å². The van der Waals surface area contributed by atoms with Gasteiger partial charge in [0.15, 0.2) is 0 Å². The second-order valence-corrected chi connectivity index (χ2v) is 7.82. The normalized spacial score (nSPS) is 13.3. The molecule has 5 rings (SSSR count). The predicted octanol–water partition coefficient (Wildman–Crippen LogP) is 3.65. The molecule has 0 bridgehead atoms. The Labute approximate surface area is 165 Å². The number of rotatable bonds is 4. The average molecular weight is 390 g/mol. The van der Waals surface area contributed by atoms with Crippen molar-refractivity contribution >= 4 is 22.9 Å². The molecule has 0 unspecified atom stereocenters. The number of thiophene rings is 1. The Bertz CT molecular complexity index is 1110. The smallest absolute Gasteiger partial charge is 0.258 e. The Kier molecular flexibility index (Phi) is 4.25. The quantitative estimate of drug-likeness (QED) is 0.577. The van der Waals surface area contributed by atoms with Gasteiger partial charge in [0.1, 0.15) is 11.3 Å². The van der Waals surface area contributed by atoms with Crippen LogP contribution in [0, 0.1) is 0 Å². The van der Waals surface area contributed by atoms with Crippen LogP contribution in [0.2, 0.25) is 0 Å². The third-order valence-corrected chi connectivity index (χ3v) is 6.24. The summed E-state index contributed by atoms with van der Waals surface area (Å²) in [6, 6.07) is 11.5. The van der Waals surface area contributed by atoms with Crippen LogP contribution in [0.1, 0.15) is 33.6 Å². The number of tetrazole rings is 1. The Morgan fingerprint density at radius 3 is 2.79 bits per heavy atom. The lowest BCUT2D eigenvalue weighted by Gasteiger charge is -2.13. The van der Waals surface area contributed by atoms with E-state index in [1.54, 1.807) is 16.0 Å². The molecule has 1 amide bonds. The SMILES string of the molecule is O=C(Nc1cccc(-n2cnnn2)c1)c1c(-n2cccc2)sc2c1CCCC2. The van der Waals surface area contributed by atoms with Crippen LogP contribution in [0.15, 0.2) is 55.1 Å². The van der Waals surface area contributed by atoms with Crippen molar-refractivity contribution in [2.24, 2.45) is 0 Å². The molecule has 0 saturated heterocycles. The summed E-state index contributed by atoms with van der Waals surface area (Å²) in [4.78, 5) is 14.6. The number of carbonyl (C=O) groups is 1. The maximum atomic E-state index is 13.3. The Hall–Kier alpha value is -3.26. The zero-order chi connectivity index (χ0) is 18.9. The van der Waals surface area contributed by atoms with Gasteiger partial charge in [0.2, 0.25) is 0 Å². The number of nitrogens with one attached hydrogen (secondary N) is 1. The topological polar surface area (TPSA) is 77.6 Å². The highest BCUT2D eigenvalue weighted by Gasteiger charge is 2.26. The lowest BCUT2D eigenvalue weighted by atomic mass is 9.95. The number of nitrogens with zero attached hydrogens (tertiary/aromatic N) is 5. The number of amides is 1. The van der Waals surface area contributed by atoms with Gasteiger partial charge in [-0.1, -0.05) is 6.07 Å². The maximum absolute atomic E-state index is 13.3. The van der Waals surface area contributed by atoms with E-state index in [1.165, 1.54) is 23.2 Å². The predicted molar refractivity (Wildman–Crippen MR) is 107 cm³/mol. The molecular formula is C20H18N6OS. The van der Waals surface area contributed by atoms with Crippen molar-refractivity contribution in [3.8, 4) is 10.7 Å². The summed E-state index contributed by atoms with van der Waals surface area (Å²) in [6.07, 6.45) is 9.84. The number of carbonyl (C=O) groups excluding carboxylic acids is 1. The van der Waals surface area contributed by atoms with Gasteiger partial charge in [-0.05, 0) is 72.0 Å². The standard InChI is InChI=1S/C20H18N6OS/c27-19(22-14-6-5-7-15(12-14)26-13-21-23-24-26)18-16-8-1-2-9-17(16)28-20(18)25-10-3-4-11-25/h3-7,10-13H,1-2,8-9H2,(H,22,27). The first-order valence-corrected chi connectivity index (χ1v) is 10.0. The fourth-order valence-electron chi connectivity index (χ4n) is 3.64. The average Bonchev–Trinajstić information content (AvgIpc) is 3.48. The highest BCUT2D eigenvalue weighted by atomic mass is 32.1. The third kappa shape index (κ3) is 3.01. The fraction of sp³-hybridized carbons (Fsp3) is 0.200. The van der Waals surface area contributed by atoms with Crippen LogP contribution in [0.5, 0.6) is 0 Å². The van der Waals surface area contributed by atoms with E-state index in [4.69, 9.17) is 0 Å². The maximum Gasteiger partial charge on any atom is 0.258 e. The summed E-state index contributed by atoms with van der Waals surface area (Å²) in [6.45, 7) is 0. The van der Waals surface area contributed by atoms with Gasteiger partial charge in [0, 0.05) is 23.0 Å². The van der Waals surface area contributed by atoms with Crippen molar-refractivity contribution in [1.82, 2.24) is 24.8 Å². The number of aromatic nitrogens is 5. The number of hydrogen-bond acceptors (Lipinski definition) is 5. The minimum atomic E-state index is -0.0723. The molecule has 1 aliphatic rings. The first kappa shape index (κ1) is 16.9. The molecular weight excluding hydrogens is 372 g/mol. The monoisotopic (exact) mass is 390 g/mol. The Morgan fingerprint density at radius 2 is 1.96 bits per heavy atom. The molecule has 1 aromatic carbocycles. The highest BCUT2D eigenvalue weighted by Crippen LogP contribution is 2.37. The van der Waals surface area contributed by atoms with Crippen molar-refractivity contribution in [2.75, 3.05) is 5.32 Å². The summed E-state index contributed by atoms with van der Waals surface area (Å²) in [5, 5.41) is 15.3. The molecule has 4 aromatic rings. The summed E-state index contributed by atoms with van der Waals surface area (Å²) in [5.41, 5.74) is 3.51. The van der Waals surface area contributed by atoms with E-state index in [0.717, 1.165) is 35.5 Å². The van der Waals surface area contributed by atoms with E-state index >= 15 is 0 Å². The molecule has 8 heteroatoms. The van der Waals surface area contributed by atoms with Crippen molar-refractivity contribution in [1.29, 1.82) is 0 Å². The van der Waals surface area contributed by atoms with Gasteiger partial charge < -0.3 is 9.88 Å². The van der Waals surface area contributed by atoms with E-state index < -0.39 is 0 Å². The first-order valence-electron chi connectivity index (χ1n) is 9.22. The van der Waals surface area contributed by atoms with E-state index in [-0.39, 0.29) is 5.91 Å². The molecule has 0 radical (unpaired) electrons. The third-order valence-electron chi connectivity index (χ3n) is 4.94.